The number of carbonyl (C=O) groups is 3. The molecule has 1 fully saturated rings. The van der Waals surface area contributed by atoms with Crippen LogP contribution in [0.25, 0.3) is 0 Å². The van der Waals surface area contributed by atoms with Crippen molar-refractivity contribution in [1.82, 2.24) is 15.1 Å². The summed E-state index contributed by atoms with van der Waals surface area (Å²) >= 11 is 0. The minimum Gasteiger partial charge on any atom is -0.480 e. The number of aliphatic hydroxyl groups is 1. The lowest BCUT2D eigenvalue weighted by molar-refractivity contribution is -0.140. The molecule has 0 aromatic carbocycles. The number of aliphatic carboxylic acids is 1. The number of nitrogens with zero attached hydrogens (tertiary/aromatic N) is 2. The number of aliphatic hydroxyl groups excluding tert-OH is 1. The van der Waals surface area contributed by atoms with Gasteiger partial charge in [-0.3, -0.25) is 4.79 Å². The molecule has 1 saturated heterocycles. The van der Waals surface area contributed by atoms with Crippen LogP contribution in [0, 0.1) is 0 Å². The van der Waals surface area contributed by atoms with Crippen molar-refractivity contribution in [2.75, 3.05) is 33.3 Å². The highest BCUT2D eigenvalue weighted by molar-refractivity contribution is 5.86. The zero-order chi connectivity index (χ0) is 14.4. The Hall–Kier alpha value is -1.83. The van der Waals surface area contributed by atoms with Crippen LogP contribution in [-0.4, -0.2) is 77.3 Å². The molecule has 0 aliphatic carbocycles. The van der Waals surface area contributed by atoms with Gasteiger partial charge in [-0.2, -0.15) is 0 Å². The van der Waals surface area contributed by atoms with Crippen LogP contribution < -0.4 is 5.32 Å². The fourth-order valence-electron chi connectivity index (χ4n) is 1.79. The average molecular weight is 273 g/mol. The number of carboxylic acids is 1. The van der Waals surface area contributed by atoms with Crippen LogP contribution in [0.4, 0.5) is 4.79 Å². The molecule has 0 aromatic heterocycles. The molecule has 0 saturated carbocycles. The number of hydrogen-bond acceptors (Lipinski definition) is 4. The van der Waals surface area contributed by atoms with Crippen LogP contribution in [0.5, 0.6) is 0 Å². The normalized spacial score (nSPS) is 16.0. The van der Waals surface area contributed by atoms with Crippen molar-refractivity contribution in [3.05, 3.63) is 0 Å². The Balaban J connectivity index is 2.43. The summed E-state index contributed by atoms with van der Waals surface area (Å²) in [5, 5.41) is 19.6. The maximum absolute atomic E-state index is 11.8. The predicted octanol–water partition coefficient (Wildman–Crippen LogP) is -1.30. The molecule has 1 atom stereocenters. The lowest BCUT2D eigenvalue weighted by Gasteiger charge is -2.23. The number of likely N-dealkylation sites (N-methyl/N-ethyl adjacent to an activating group) is 1. The Morgan fingerprint density at radius 1 is 1.32 bits per heavy atom. The van der Waals surface area contributed by atoms with Gasteiger partial charge in [0.05, 0.1) is 6.61 Å². The van der Waals surface area contributed by atoms with Gasteiger partial charge in [-0.25, -0.2) is 9.59 Å². The van der Waals surface area contributed by atoms with Crippen molar-refractivity contribution in [2.24, 2.45) is 0 Å². The number of urea groups is 1. The van der Waals surface area contributed by atoms with Gasteiger partial charge in [0.25, 0.3) is 0 Å². The first-order valence-corrected chi connectivity index (χ1v) is 6.08. The lowest BCUT2D eigenvalue weighted by Crippen LogP contribution is -2.50. The monoisotopic (exact) mass is 273 g/mol. The van der Waals surface area contributed by atoms with Gasteiger partial charge in [-0.05, 0) is 12.8 Å². The molecule has 0 aromatic rings. The summed E-state index contributed by atoms with van der Waals surface area (Å²) in [6.45, 7) is 0.587. The molecule has 0 bridgehead atoms. The molecule has 1 heterocycles. The first kappa shape index (κ1) is 15.2. The summed E-state index contributed by atoms with van der Waals surface area (Å²) in [7, 11) is 1.40. The Labute approximate surface area is 111 Å². The van der Waals surface area contributed by atoms with E-state index in [0.717, 1.165) is 17.7 Å². The highest BCUT2D eigenvalue weighted by atomic mass is 16.4. The summed E-state index contributed by atoms with van der Waals surface area (Å²) in [6.07, 6.45) is 1.93. The molecule has 1 aliphatic rings. The van der Waals surface area contributed by atoms with Gasteiger partial charge in [-0.15, -0.1) is 0 Å². The maximum atomic E-state index is 11.8. The quantitative estimate of drug-likeness (QED) is 0.576. The fraction of sp³-hybridized carbons (Fsp3) is 0.727. The van der Waals surface area contributed by atoms with Gasteiger partial charge in [0.1, 0.15) is 6.54 Å². The molecule has 8 heteroatoms. The van der Waals surface area contributed by atoms with E-state index in [1.165, 1.54) is 7.05 Å². The molecule has 1 aliphatic heterocycles. The third-order valence-corrected chi connectivity index (χ3v) is 2.96. The topological polar surface area (TPSA) is 110 Å². The second-order valence-electron chi connectivity index (χ2n) is 4.47. The number of amides is 3. The van der Waals surface area contributed by atoms with Crippen molar-refractivity contribution in [2.45, 2.75) is 18.9 Å². The van der Waals surface area contributed by atoms with Gasteiger partial charge in [0, 0.05) is 20.1 Å². The third kappa shape index (κ3) is 4.40. The summed E-state index contributed by atoms with van der Waals surface area (Å²) in [5.74, 6) is -1.49. The molecule has 19 heavy (non-hydrogen) atoms. The van der Waals surface area contributed by atoms with Crippen LogP contribution in [0.15, 0.2) is 0 Å². The highest BCUT2D eigenvalue weighted by Gasteiger charge is 2.24. The Kier molecular flexibility index (Phi) is 5.56. The van der Waals surface area contributed by atoms with E-state index < -0.39 is 24.6 Å². The predicted molar refractivity (Wildman–Crippen MR) is 65.5 cm³/mol. The second kappa shape index (κ2) is 6.93. The lowest BCUT2D eigenvalue weighted by atomic mass is 10.3. The zero-order valence-electron chi connectivity index (χ0n) is 10.8. The second-order valence-corrected chi connectivity index (χ2v) is 4.47. The van der Waals surface area contributed by atoms with E-state index in [2.05, 4.69) is 5.32 Å². The molecule has 108 valence electrons. The summed E-state index contributed by atoms with van der Waals surface area (Å²) < 4.78 is 0. The van der Waals surface area contributed by atoms with Crippen LogP contribution in [0.3, 0.4) is 0 Å². The van der Waals surface area contributed by atoms with Crippen LogP contribution >= 0.6 is 0 Å². The summed E-state index contributed by atoms with van der Waals surface area (Å²) in [4.78, 5) is 36.9. The molecule has 0 radical (unpaired) electrons. The molecule has 3 N–H and O–H groups in total. The fourth-order valence-corrected chi connectivity index (χ4v) is 1.79. The minimum absolute atomic E-state index is 0.108. The number of likely N-dealkylation sites (tertiary alicyclic amines) is 1. The minimum atomic E-state index is -1.36. The van der Waals surface area contributed by atoms with Crippen molar-refractivity contribution < 1.29 is 24.6 Å². The molecule has 3 amide bonds. The van der Waals surface area contributed by atoms with E-state index in [1.807, 2.05) is 0 Å². The standard InChI is InChI=1S/C11H19N3O5/c1-13(6-9(16)14-4-2-3-5-14)11(19)12-8(7-15)10(17)18/h8,15H,2-7H2,1H3,(H,12,19)(H,17,18)/t8-/m1/s1. The summed E-state index contributed by atoms with van der Waals surface area (Å²) in [6, 6.07) is -2.06. The van der Waals surface area contributed by atoms with Crippen LogP contribution in [0.1, 0.15) is 12.8 Å². The SMILES string of the molecule is CN(CC(=O)N1CCCC1)C(=O)N[C@H](CO)C(=O)O. The zero-order valence-corrected chi connectivity index (χ0v) is 10.8. The Morgan fingerprint density at radius 2 is 1.89 bits per heavy atom. The van der Waals surface area contributed by atoms with Crippen molar-refractivity contribution >= 4 is 17.9 Å². The van der Waals surface area contributed by atoms with E-state index in [-0.39, 0.29) is 12.5 Å². The number of carboxylic acid groups (broad SMARTS) is 1. The third-order valence-electron chi connectivity index (χ3n) is 2.96. The van der Waals surface area contributed by atoms with E-state index in [4.69, 9.17) is 10.2 Å². The molecule has 0 unspecified atom stereocenters. The smallest absolute Gasteiger partial charge is 0.328 e. The van der Waals surface area contributed by atoms with E-state index in [9.17, 15) is 14.4 Å². The summed E-state index contributed by atoms with van der Waals surface area (Å²) in [5.41, 5.74) is 0. The first-order chi connectivity index (χ1) is 8.95. The number of hydrogen-bond donors (Lipinski definition) is 3. The number of rotatable bonds is 5. The van der Waals surface area contributed by atoms with E-state index in [0.29, 0.717) is 13.1 Å². The van der Waals surface area contributed by atoms with Crippen molar-refractivity contribution in [3.63, 3.8) is 0 Å². The largest absolute Gasteiger partial charge is 0.480 e. The van der Waals surface area contributed by atoms with Crippen molar-refractivity contribution in [1.29, 1.82) is 0 Å². The van der Waals surface area contributed by atoms with E-state index in [1.54, 1.807) is 4.90 Å². The molecule has 8 nitrogen and oxygen atoms in total. The average Bonchev–Trinajstić information content (AvgIpc) is 2.88. The Morgan fingerprint density at radius 3 is 2.37 bits per heavy atom. The molecular weight excluding hydrogens is 254 g/mol. The molecule has 0 spiro atoms. The van der Waals surface area contributed by atoms with Crippen LogP contribution in [0.2, 0.25) is 0 Å². The molecular formula is C11H19N3O5. The van der Waals surface area contributed by atoms with Gasteiger partial charge in [0.2, 0.25) is 5.91 Å². The molecule has 1 rings (SSSR count). The highest BCUT2D eigenvalue weighted by Crippen LogP contribution is 2.07. The van der Waals surface area contributed by atoms with Crippen LogP contribution in [-0.2, 0) is 9.59 Å². The number of carbonyl (C=O) groups excluding carboxylic acids is 2. The maximum Gasteiger partial charge on any atom is 0.328 e. The van der Waals surface area contributed by atoms with Gasteiger partial charge >= 0.3 is 12.0 Å². The number of nitrogens with one attached hydrogen (secondary N) is 1. The van der Waals surface area contributed by atoms with Gasteiger partial charge in [-0.1, -0.05) is 0 Å². The van der Waals surface area contributed by atoms with Gasteiger partial charge < -0.3 is 25.3 Å². The first-order valence-electron chi connectivity index (χ1n) is 6.08. The Bertz CT molecular complexity index is 354. The van der Waals surface area contributed by atoms with Crippen molar-refractivity contribution in [3.8, 4) is 0 Å². The van der Waals surface area contributed by atoms with E-state index >= 15 is 0 Å². The van der Waals surface area contributed by atoms with Gasteiger partial charge in [0.15, 0.2) is 6.04 Å².